The standard InChI is InChI=1S/C23H38O4.C18H30O4/c1-8-20(2,3)18(24)26-21(4,5)19(25)27-22(6,7)23-12-15-9-16(13-23)11-17(10-15)14-23;1-6-17(2,3)16(20)21-11-15(19)22-18(4,5)14-10-12-7-8-13(14)9-12/h15-17H,8-14H2,1-7H3;12-14H,6-11H2,1-5H3. The summed E-state index contributed by atoms with van der Waals surface area (Å²) in [4.78, 5) is 49.4. The predicted octanol–water partition coefficient (Wildman–Crippen LogP) is 9.01. The second-order valence-electron chi connectivity index (χ2n) is 19.4. The minimum absolute atomic E-state index is 0.0835. The van der Waals surface area contributed by atoms with Gasteiger partial charge in [-0.15, -0.1) is 0 Å². The van der Waals surface area contributed by atoms with E-state index in [9.17, 15) is 19.2 Å². The van der Waals surface area contributed by atoms with Crippen molar-refractivity contribution in [2.24, 2.45) is 51.8 Å². The summed E-state index contributed by atoms with van der Waals surface area (Å²) in [5.74, 6) is 2.78. The normalized spacial score (nSPS) is 30.7. The molecule has 3 atom stereocenters. The molecule has 8 nitrogen and oxygen atoms in total. The van der Waals surface area contributed by atoms with Crippen LogP contribution in [0.3, 0.4) is 0 Å². The summed E-state index contributed by atoms with van der Waals surface area (Å²) in [5.41, 5.74) is -3.36. The molecule has 0 radical (unpaired) electrons. The van der Waals surface area contributed by atoms with Crippen molar-refractivity contribution >= 4 is 23.9 Å². The van der Waals surface area contributed by atoms with Crippen molar-refractivity contribution in [1.82, 2.24) is 0 Å². The van der Waals surface area contributed by atoms with Crippen LogP contribution in [0.2, 0.25) is 0 Å². The number of ether oxygens (including phenoxy) is 4. The maximum Gasteiger partial charge on any atom is 0.350 e. The van der Waals surface area contributed by atoms with Gasteiger partial charge in [0.15, 0.2) is 6.61 Å². The molecule has 6 rings (SSSR count). The summed E-state index contributed by atoms with van der Waals surface area (Å²) in [6.07, 6.45) is 14.0. The largest absolute Gasteiger partial charge is 0.457 e. The Labute approximate surface area is 296 Å². The zero-order valence-corrected chi connectivity index (χ0v) is 32.9. The van der Waals surface area contributed by atoms with Gasteiger partial charge < -0.3 is 18.9 Å². The predicted molar refractivity (Wildman–Crippen MR) is 189 cm³/mol. The lowest BCUT2D eigenvalue weighted by Crippen LogP contribution is -2.58. The van der Waals surface area contributed by atoms with E-state index in [1.165, 1.54) is 57.8 Å². The molecule has 6 aliphatic carbocycles. The molecule has 0 spiro atoms. The van der Waals surface area contributed by atoms with Crippen LogP contribution in [0.4, 0.5) is 0 Å². The second-order valence-corrected chi connectivity index (χ2v) is 19.4. The zero-order valence-electron chi connectivity index (χ0n) is 32.9. The Hall–Kier alpha value is -2.12. The lowest BCUT2D eigenvalue weighted by atomic mass is 9.46. The molecule has 0 amide bonds. The fourth-order valence-electron chi connectivity index (χ4n) is 9.83. The Morgan fingerprint density at radius 1 is 0.592 bits per heavy atom. The van der Waals surface area contributed by atoms with Crippen LogP contribution in [0.25, 0.3) is 0 Å². The quantitative estimate of drug-likeness (QED) is 0.148. The van der Waals surface area contributed by atoms with Crippen LogP contribution in [-0.4, -0.2) is 47.3 Å². The third kappa shape index (κ3) is 8.68. The first-order valence-electron chi connectivity index (χ1n) is 19.3. The minimum Gasteiger partial charge on any atom is -0.457 e. The van der Waals surface area contributed by atoms with Crippen LogP contribution in [0, 0.1) is 51.8 Å². The first kappa shape index (κ1) is 39.7. The molecule has 6 bridgehead atoms. The van der Waals surface area contributed by atoms with E-state index >= 15 is 0 Å². The molecule has 6 aliphatic rings. The van der Waals surface area contributed by atoms with Gasteiger partial charge in [0.1, 0.15) is 11.2 Å². The van der Waals surface area contributed by atoms with Crippen LogP contribution in [0.5, 0.6) is 0 Å². The van der Waals surface area contributed by atoms with Gasteiger partial charge >= 0.3 is 23.9 Å². The van der Waals surface area contributed by atoms with Crippen LogP contribution < -0.4 is 0 Å². The topological polar surface area (TPSA) is 105 Å². The van der Waals surface area contributed by atoms with Crippen LogP contribution >= 0.6 is 0 Å². The first-order valence-corrected chi connectivity index (χ1v) is 19.3. The summed E-state index contributed by atoms with van der Waals surface area (Å²) < 4.78 is 22.5. The maximum absolute atomic E-state index is 13.0. The summed E-state index contributed by atoms with van der Waals surface area (Å²) in [7, 11) is 0. The molecule has 49 heavy (non-hydrogen) atoms. The molecule has 0 aromatic heterocycles. The molecule has 0 aliphatic heterocycles. The molecule has 3 unspecified atom stereocenters. The first-order chi connectivity index (χ1) is 22.5. The second kappa shape index (κ2) is 14.1. The van der Waals surface area contributed by atoms with Gasteiger partial charge in [0.2, 0.25) is 5.60 Å². The number of carbonyl (C=O) groups excluding carboxylic acids is 4. The smallest absolute Gasteiger partial charge is 0.350 e. The van der Waals surface area contributed by atoms with Crippen molar-refractivity contribution in [3.63, 3.8) is 0 Å². The number of hydrogen-bond donors (Lipinski definition) is 0. The average Bonchev–Trinajstić information content (AvgIpc) is 3.63. The number of hydrogen-bond acceptors (Lipinski definition) is 8. The van der Waals surface area contributed by atoms with E-state index < -0.39 is 39.6 Å². The van der Waals surface area contributed by atoms with E-state index in [-0.39, 0.29) is 24.0 Å². The number of carbonyl (C=O) groups is 4. The van der Waals surface area contributed by atoms with E-state index in [1.54, 1.807) is 13.8 Å². The van der Waals surface area contributed by atoms with Gasteiger partial charge in [-0.1, -0.05) is 20.3 Å². The molecule has 6 fully saturated rings. The third-order valence-electron chi connectivity index (χ3n) is 13.7. The molecular formula is C41H68O8. The van der Waals surface area contributed by atoms with Gasteiger partial charge in [-0.3, -0.25) is 9.59 Å². The average molecular weight is 689 g/mol. The Bertz CT molecular complexity index is 1200. The van der Waals surface area contributed by atoms with E-state index in [4.69, 9.17) is 18.9 Å². The van der Waals surface area contributed by atoms with E-state index in [2.05, 4.69) is 13.8 Å². The number of esters is 4. The van der Waals surface area contributed by atoms with E-state index in [1.807, 2.05) is 55.4 Å². The molecule has 8 heteroatoms. The van der Waals surface area contributed by atoms with Crippen molar-refractivity contribution in [1.29, 1.82) is 0 Å². The molecule has 6 saturated carbocycles. The van der Waals surface area contributed by atoms with Crippen LogP contribution in [0.15, 0.2) is 0 Å². The highest BCUT2D eigenvalue weighted by Gasteiger charge is 2.59. The van der Waals surface area contributed by atoms with Gasteiger partial charge in [-0.25, -0.2) is 9.59 Å². The Morgan fingerprint density at radius 2 is 1.10 bits per heavy atom. The summed E-state index contributed by atoms with van der Waals surface area (Å²) in [6, 6.07) is 0. The highest BCUT2D eigenvalue weighted by atomic mass is 16.6. The van der Waals surface area contributed by atoms with Crippen molar-refractivity contribution < 1.29 is 38.1 Å². The number of fused-ring (bicyclic) bond motifs is 2. The Balaban J connectivity index is 0.000000226. The summed E-state index contributed by atoms with van der Waals surface area (Å²) in [6.45, 7) is 22.3. The minimum atomic E-state index is -1.27. The Morgan fingerprint density at radius 3 is 1.55 bits per heavy atom. The van der Waals surface area contributed by atoms with Crippen molar-refractivity contribution in [2.75, 3.05) is 6.61 Å². The monoisotopic (exact) mass is 688 g/mol. The molecule has 0 saturated heterocycles. The van der Waals surface area contributed by atoms with Crippen molar-refractivity contribution in [2.45, 2.75) is 177 Å². The molecular weight excluding hydrogens is 620 g/mol. The highest BCUT2D eigenvalue weighted by molar-refractivity contribution is 5.84. The lowest BCUT2D eigenvalue weighted by molar-refractivity contribution is -0.217. The molecule has 280 valence electrons. The fraction of sp³-hybridized carbons (Fsp3) is 0.902. The van der Waals surface area contributed by atoms with Crippen LogP contribution in [0.1, 0.15) is 160 Å². The molecule has 0 N–H and O–H groups in total. The van der Waals surface area contributed by atoms with Gasteiger partial charge in [-0.05, 0) is 169 Å². The third-order valence-corrected chi connectivity index (χ3v) is 13.7. The van der Waals surface area contributed by atoms with E-state index in [0.29, 0.717) is 24.7 Å². The van der Waals surface area contributed by atoms with E-state index in [0.717, 1.165) is 30.1 Å². The molecule has 0 aromatic rings. The van der Waals surface area contributed by atoms with Gasteiger partial charge in [0.25, 0.3) is 0 Å². The summed E-state index contributed by atoms with van der Waals surface area (Å²) in [5, 5.41) is 0. The highest BCUT2D eigenvalue weighted by Crippen LogP contribution is 2.64. The molecule has 0 aromatic carbocycles. The summed E-state index contributed by atoms with van der Waals surface area (Å²) >= 11 is 0. The zero-order chi connectivity index (χ0) is 36.8. The van der Waals surface area contributed by atoms with Gasteiger partial charge in [0.05, 0.1) is 10.8 Å². The fourth-order valence-corrected chi connectivity index (χ4v) is 9.83. The number of rotatable bonds is 12. The van der Waals surface area contributed by atoms with Crippen LogP contribution in [-0.2, 0) is 38.1 Å². The lowest BCUT2D eigenvalue weighted by Gasteiger charge is -2.61. The Kier molecular flexibility index (Phi) is 11.4. The van der Waals surface area contributed by atoms with Crippen molar-refractivity contribution in [3.05, 3.63) is 0 Å². The van der Waals surface area contributed by atoms with Gasteiger partial charge in [-0.2, -0.15) is 0 Å². The SMILES string of the molecule is CCC(C)(C)C(=O)OC(C)(C)C(=O)OC(C)(C)C12CC3CC(CC(C3)C1)C2.CCC(C)(C)C(=O)OCC(=O)OC(C)(C)C1CC2CCC1C2. The maximum atomic E-state index is 13.0. The van der Waals surface area contributed by atoms with Gasteiger partial charge in [0, 0.05) is 11.3 Å². The molecule has 0 heterocycles. The van der Waals surface area contributed by atoms with Crippen molar-refractivity contribution in [3.8, 4) is 0 Å².